The van der Waals surface area contributed by atoms with Gasteiger partial charge in [0.2, 0.25) is 5.95 Å². The summed E-state index contributed by atoms with van der Waals surface area (Å²) in [7, 11) is 0. The summed E-state index contributed by atoms with van der Waals surface area (Å²) < 4.78 is 19.6. The van der Waals surface area contributed by atoms with Gasteiger partial charge in [0.15, 0.2) is 11.5 Å². The maximum Gasteiger partial charge on any atom is 0.255 e. The summed E-state index contributed by atoms with van der Waals surface area (Å²) in [6.07, 6.45) is 0. The average Bonchev–Trinajstić information content (AvgIpc) is 3.43. The lowest BCUT2D eigenvalue weighted by Gasteiger charge is -2.28. The van der Waals surface area contributed by atoms with Gasteiger partial charge in [0.05, 0.1) is 24.5 Å². The Morgan fingerprint density at radius 1 is 0.881 bits per heavy atom. The van der Waals surface area contributed by atoms with E-state index in [1.54, 1.807) is 4.68 Å². The van der Waals surface area contributed by atoms with E-state index in [0.717, 1.165) is 11.1 Å². The quantitative estimate of drug-likeness (QED) is 0.243. The van der Waals surface area contributed by atoms with E-state index in [9.17, 15) is 4.79 Å². The van der Waals surface area contributed by atoms with E-state index in [1.807, 2.05) is 63.2 Å². The number of amides is 1. The summed E-state index contributed by atoms with van der Waals surface area (Å²) >= 11 is 0. The summed E-state index contributed by atoms with van der Waals surface area (Å²) in [5.41, 5.74) is 7.21. The highest BCUT2D eigenvalue weighted by molar-refractivity contribution is 6.06. The maximum absolute atomic E-state index is 13.9. The number of rotatable bonds is 10. The van der Waals surface area contributed by atoms with Gasteiger partial charge in [-0.2, -0.15) is 4.68 Å². The molecule has 218 valence electrons. The summed E-state index contributed by atoms with van der Waals surface area (Å²) in [6, 6.07) is 16.7. The maximum atomic E-state index is 13.9. The van der Waals surface area contributed by atoms with Crippen molar-refractivity contribution in [3.63, 3.8) is 0 Å². The van der Waals surface area contributed by atoms with Crippen LogP contribution in [0.1, 0.15) is 54.6 Å². The number of aromatic nitrogens is 4. The Balaban J connectivity index is 1.49. The molecule has 5 rings (SSSR count). The number of nitrogens with zero attached hydrogens (tertiary/aromatic N) is 4. The van der Waals surface area contributed by atoms with E-state index in [2.05, 4.69) is 59.1 Å². The van der Waals surface area contributed by atoms with Gasteiger partial charge in [-0.15, -0.1) is 0 Å². The Bertz CT molecular complexity index is 1640. The number of nitrogens with one attached hydrogen (secondary N) is 2. The SMILES string of the molecule is CCOc1ccccc1NC(=O)C1=C(C)Nc2nnnn2C1c1ccc(OCc2cc(C)c(C)cc2C)c(OCC)c1. The Hall–Kier alpha value is -4.86. The molecule has 4 aromatic rings. The molecule has 1 atom stereocenters. The minimum Gasteiger partial charge on any atom is -0.492 e. The smallest absolute Gasteiger partial charge is 0.255 e. The van der Waals surface area contributed by atoms with Crippen molar-refractivity contribution in [2.24, 2.45) is 0 Å². The number of aryl methyl sites for hydroxylation is 3. The molecule has 42 heavy (non-hydrogen) atoms. The van der Waals surface area contributed by atoms with Crippen molar-refractivity contribution in [3.05, 3.63) is 93.7 Å². The molecular weight excluding hydrogens is 532 g/mol. The third-order valence-corrected chi connectivity index (χ3v) is 7.31. The third-order valence-electron chi connectivity index (χ3n) is 7.31. The summed E-state index contributed by atoms with van der Waals surface area (Å²) in [5.74, 6) is 1.91. The number of anilines is 2. The number of carbonyl (C=O) groups is 1. The zero-order chi connectivity index (χ0) is 29.8. The van der Waals surface area contributed by atoms with Crippen molar-refractivity contribution < 1.29 is 19.0 Å². The van der Waals surface area contributed by atoms with Crippen LogP contribution in [0.5, 0.6) is 17.2 Å². The number of fused-ring (bicyclic) bond motifs is 1. The van der Waals surface area contributed by atoms with E-state index in [-0.39, 0.29) is 5.91 Å². The van der Waals surface area contributed by atoms with Crippen LogP contribution in [0.3, 0.4) is 0 Å². The molecule has 2 heterocycles. The predicted molar refractivity (Wildman–Crippen MR) is 161 cm³/mol. The summed E-state index contributed by atoms with van der Waals surface area (Å²) in [5, 5.41) is 18.4. The number of carbonyl (C=O) groups excluding carboxylic acids is 1. The molecule has 0 fully saturated rings. The lowest BCUT2D eigenvalue weighted by Crippen LogP contribution is -2.31. The first-order valence-electron chi connectivity index (χ1n) is 14.1. The fourth-order valence-electron chi connectivity index (χ4n) is 5.07. The Kier molecular flexibility index (Phi) is 8.42. The van der Waals surface area contributed by atoms with Gasteiger partial charge < -0.3 is 24.8 Å². The molecule has 0 saturated carbocycles. The van der Waals surface area contributed by atoms with Gasteiger partial charge in [-0.3, -0.25) is 4.79 Å². The molecule has 1 unspecified atom stereocenters. The van der Waals surface area contributed by atoms with Gasteiger partial charge in [-0.05, 0) is 104 Å². The van der Waals surface area contributed by atoms with Crippen molar-refractivity contribution in [3.8, 4) is 17.2 Å². The van der Waals surface area contributed by atoms with E-state index >= 15 is 0 Å². The van der Waals surface area contributed by atoms with Gasteiger partial charge in [-0.25, -0.2) is 0 Å². The average molecular weight is 569 g/mol. The lowest BCUT2D eigenvalue weighted by molar-refractivity contribution is -0.113. The van der Waals surface area contributed by atoms with Crippen molar-refractivity contribution in [1.29, 1.82) is 0 Å². The normalized spacial score (nSPS) is 14.2. The van der Waals surface area contributed by atoms with Crippen LogP contribution in [-0.2, 0) is 11.4 Å². The second-order valence-electron chi connectivity index (χ2n) is 10.2. The molecule has 0 spiro atoms. The minimum atomic E-state index is -0.620. The fraction of sp³-hybridized carbons (Fsp3) is 0.312. The third kappa shape index (κ3) is 5.79. The van der Waals surface area contributed by atoms with Gasteiger partial charge in [0, 0.05) is 5.70 Å². The van der Waals surface area contributed by atoms with Crippen molar-refractivity contribution in [2.75, 3.05) is 23.8 Å². The highest BCUT2D eigenvalue weighted by atomic mass is 16.5. The standard InChI is InChI=1S/C32H36N6O4/c1-7-40-26-12-10-9-11-25(26)34-31(39)29-22(6)33-32-35-36-37-38(32)30(29)23-13-14-27(28(17-23)41-8-2)42-18-24-16-20(4)19(3)15-21(24)5/h9-17,30H,7-8,18H2,1-6H3,(H,34,39)(H,33,35,37). The fourth-order valence-corrected chi connectivity index (χ4v) is 5.07. The van der Waals surface area contributed by atoms with E-state index in [1.165, 1.54) is 16.7 Å². The highest BCUT2D eigenvalue weighted by Crippen LogP contribution is 2.39. The second-order valence-corrected chi connectivity index (χ2v) is 10.2. The van der Waals surface area contributed by atoms with E-state index in [0.29, 0.717) is 60.0 Å². The van der Waals surface area contributed by atoms with Gasteiger partial charge in [0.1, 0.15) is 18.4 Å². The number of allylic oxidation sites excluding steroid dienone is 1. The molecular formula is C32H36N6O4. The van der Waals surface area contributed by atoms with Crippen LogP contribution in [0.25, 0.3) is 0 Å². The number of hydrogen-bond acceptors (Lipinski definition) is 8. The number of hydrogen-bond donors (Lipinski definition) is 2. The van der Waals surface area contributed by atoms with Gasteiger partial charge >= 0.3 is 0 Å². The molecule has 10 heteroatoms. The number of benzene rings is 3. The number of tetrazole rings is 1. The molecule has 0 saturated heterocycles. The topological polar surface area (TPSA) is 112 Å². The Morgan fingerprint density at radius 2 is 1.62 bits per heavy atom. The van der Waals surface area contributed by atoms with Crippen molar-refractivity contribution in [1.82, 2.24) is 20.2 Å². The molecule has 1 amide bonds. The molecule has 0 aliphatic carbocycles. The first-order valence-corrected chi connectivity index (χ1v) is 14.1. The molecule has 0 bridgehead atoms. The van der Waals surface area contributed by atoms with Gasteiger partial charge in [0.25, 0.3) is 5.91 Å². The van der Waals surface area contributed by atoms with Crippen LogP contribution >= 0.6 is 0 Å². The summed E-state index contributed by atoms with van der Waals surface area (Å²) in [4.78, 5) is 13.9. The first-order chi connectivity index (χ1) is 20.3. The Morgan fingerprint density at radius 3 is 2.40 bits per heavy atom. The van der Waals surface area contributed by atoms with Crippen LogP contribution in [0.4, 0.5) is 11.6 Å². The molecule has 2 N–H and O–H groups in total. The predicted octanol–water partition coefficient (Wildman–Crippen LogP) is 5.90. The monoisotopic (exact) mass is 568 g/mol. The van der Waals surface area contributed by atoms with E-state index < -0.39 is 6.04 Å². The molecule has 1 aliphatic rings. The molecule has 1 aromatic heterocycles. The van der Waals surface area contributed by atoms with Crippen LogP contribution in [-0.4, -0.2) is 39.3 Å². The van der Waals surface area contributed by atoms with Crippen LogP contribution in [0.15, 0.2) is 65.9 Å². The van der Waals surface area contributed by atoms with Crippen LogP contribution in [0.2, 0.25) is 0 Å². The van der Waals surface area contributed by atoms with Crippen LogP contribution in [0, 0.1) is 20.8 Å². The van der Waals surface area contributed by atoms with Crippen molar-refractivity contribution in [2.45, 2.75) is 54.2 Å². The Labute approximate surface area is 245 Å². The molecule has 0 radical (unpaired) electrons. The molecule has 10 nitrogen and oxygen atoms in total. The summed E-state index contributed by atoms with van der Waals surface area (Å²) in [6.45, 7) is 13.3. The molecule has 3 aromatic carbocycles. The molecule has 1 aliphatic heterocycles. The zero-order valence-electron chi connectivity index (χ0n) is 24.8. The minimum absolute atomic E-state index is 0.304. The number of ether oxygens (including phenoxy) is 3. The highest BCUT2D eigenvalue weighted by Gasteiger charge is 2.35. The zero-order valence-corrected chi connectivity index (χ0v) is 24.8. The van der Waals surface area contributed by atoms with Gasteiger partial charge in [-0.1, -0.05) is 35.4 Å². The van der Waals surface area contributed by atoms with Crippen molar-refractivity contribution >= 4 is 17.5 Å². The largest absolute Gasteiger partial charge is 0.492 e. The second kappa shape index (κ2) is 12.3. The number of para-hydroxylation sites is 2. The lowest BCUT2D eigenvalue weighted by atomic mass is 9.94. The first kappa shape index (κ1) is 28.7. The van der Waals surface area contributed by atoms with E-state index in [4.69, 9.17) is 14.2 Å². The van der Waals surface area contributed by atoms with Crippen LogP contribution < -0.4 is 24.8 Å².